The van der Waals surface area contributed by atoms with Gasteiger partial charge in [0, 0.05) is 38.9 Å². The van der Waals surface area contributed by atoms with Gasteiger partial charge in [-0.3, -0.25) is 5.10 Å². The average Bonchev–Trinajstić information content (AvgIpc) is 3.16. The fourth-order valence-corrected chi connectivity index (χ4v) is 5.13. The molecular formula is C15H25N5O4S. The van der Waals surface area contributed by atoms with Crippen molar-refractivity contribution < 1.29 is 17.9 Å². The molecule has 2 aliphatic heterocycles. The molecule has 1 aromatic heterocycles. The summed E-state index contributed by atoms with van der Waals surface area (Å²) in [4.78, 5) is 14.0. The van der Waals surface area contributed by atoms with Gasteiger partial charge >= 0.3 is 6.03 Å². The number of hydrogen-bond donors (Lipinski definition) is 2. The number of sulfonamides is 1. The third-order valence-electron chi connectivity index (χ3n) is 4.66. The van der Waals surface area contributed by atoms with Crippen LogP contribution in [0.5, 0.6) is 0 Å². The van der Waals surface area contributed by atoms with Crippen molar-refractivity contribution in [1.82, 2.24) is 24.7 Å². The minimum absolute atomic E-state index is 0.203. The Bertz CT molecular complexity index is 657. The SMILES string of the molecule is O=C(NCCc1cn[nH]c1)N1CCCC(S(=O)(=O)N2CCOCC2)C1. The Morgan fingerprint density at radius 1 is 1.36 bits per heavy atom. The third kappa shape index (κ3) is 4.50. The normalized spacial score (nSPS) is 22.7. The molecule has 140 valence electrons. The van der Waals surface area contributed by atoms with Gasteiger partial charge in [0.25, 0.3) is 0 Å². The summed E-state index contributed by atoms with van der Waals surface area (Å²) in [7, 11) is -3.39. The first-order valence-electron chi connectivity index (χ1n) is 8.64. The predicted octanol–water partition coefficient (Wildman–Crippen LogP) is -0.212. The van der Waals surface area contributed by atoms with Gasteiger partial charge in [-0.25, -0.2) is 13.2 Å². The maximum absolute atomic E-state index is 12.8. The van der Waals surface area contributed by atoms with Crippen LogP contribution >= 0.6 is 0 Å². The van der Waals surface area contributed by atoms with E-state index in [2.05, 4.69) is 15.5 Å². The molecule has 0 saturated carbocycles. The summed E-state index contributed by atoms with van der Waals surface area (Å²) in [6.45, 7) is 3.00. The largest absolute Gasteiger partial charge is 0.379 e. The number of nitrogens with one attached hydrogen (secondary N) is 2. The Labute approximate surface area is 147 Å². The average molecular weight is 371 g/mol. The molecule has 10 heteroatoms. The van der Waals surface area contributed by atoms with Gasteiger partial charge in [-0.2, -0.15) is 9.40 Å². The Kier molecular flexibility index (Phi) is 5.92. The lowest BCUT2D eigenvalue weighted by atomic mass is 10.1. The molecular weight excluding hydrogens is 346 g/mol. The number of hydrogen-bond acceptors (Lipinski definition) is 5. The zero-order chi connectivity index (χ0) is 17.7. The fourth-order valence-electron chi connectivity index (χ4n) is 3.22. The van der Waals surface area contributed by atoms with E-state index in [9.17, 15) is 13.2 Å². The molecule has 0 bridgehead atoms. The highest BCUT2D eigenvalue weighted by molar-refractivity contribution is 7.89. The van der Waals surface area contributed by atoms with Crippen LogP contribution in [-0.4, -0.2) is 85.0 Å². The van der Waals surface area contributed by atoms with Gasteiger partial charge in [-0.1, -0.05) is 0 Å². The highest BCUT2D eigenvalue weighted by atomic mass is 32.2. The van der Waals surface area contributed by atoms with Crippen molar-refractivity contribution in [2.24, 2.45) is 0 Å². The smallest absolute Gasteiger partial charge is 0.317 e. The zero-order valence-corrected chi connectivity index (χ0v) is 15.0. The number of ether oxygens (including phenoxy) is 1. The van der Waals surface area contributed by atoms with Crippen LogP contribution < -0.4 is 5.32 Å². The Morgan fingerprint density at radius 2 is 2.16 bits per heavy atom. The number of carbonyl (C=O) groups excluding carboxylic acids is 1. The Morgan fingerprint density at radius 3 is 2.88 bits per heavy atom. The predicted molar refractivity (Wildman–Crippen MR) is 91.6 cm³/mol. The second-order valence-electron chi connectivity index (χ2n) is 6.36. The lowest BCUT2D eigenvalue weighted by molar-refractivity contribution is 0.0721. The molecule has 0 radical (unpaired) electrons. The van der Waals surface area contributed by atoms with Gasteiger partial charge in [0.15, 0.2) is 0 Å². The van der Waals surface area contributed by atoms with E-state index in [-0.39, 0.29) is 12.6 Å². The first kappa shape index (κ1) is 18.2. The minimum Gasteiger partial charge on any atom is -0.379 e. The van der Waals surface area contributed by atoms with Crippen LogP contribution in [0.3, 0.4) is 0 Å². The van der Waals surface area contributed by atoms with Crippen molar-refractivity contribution in [1.29, 1.82) is 0 Å². The van der Waals surface area contributed by atoms with Crippen molar-refractivity contribution >= 4 is 16.1 Å². The topological polar surface area (TPSA) is 108 Å². The number of H-pyrrole nitrogens is 1. The van der Waals surface area contributed by atoms with Gasteiger partial charge in [-0.05, 0) is 24.8 Å². The van der Waals surface area contributed by atoms with Gasteiger partial charge in [0.1, 0.15) is 0 Å². The molecule has 3 rings (SSSR count). The van der Waals surface area contributed by atoms with Crippen molar-refractivity contribution in [3.8, 4) is 0 Å². The molecule has 2 fully saturated rings. The lowest BCUT2D eigenvalue weighted by Crippen LogP contribution is -2.53. The highest BCUT2D eigenvalue weighted by Gasteiger charge is 2.37. The van der Waals surface area contributed by atoms with Crippen LogP contribution in [0, 0.1) is 0 Å². The number of rotatable bonds is 5. The number of carbonyl (C=O) groups is 1. The molecule has 2 amide bonds. The first-order chi connectivity index (χ1) is 12.1. The number of aromatic amines is 1. The summed E-state index contributed by atoms with van der Waals surface area (Å²) in [6.07, 6.45) is 5.49. The standard InChI is InChI=1S/C15H25N5O4S/c21-15(16-4-3-13-10-17-18-11-13)19-5-1-2-14(12-19)25(22,23)20-6-8-24-9-7-20/h10-11,14H,1-9,12H2,(H,16,21)(H,17,18). The van der Waals surface area contributed by atoms with Crippen LogP contribution in [0.2, 0.25) is 0 Å². The molecule has 2 N–H and O–H groups in total. The second-order valence-corrected chi connectivity index (χ2v) is 8.57. The van der Waals surface area contributed by atoms with E-state index in [0.29, 0.717) is 58.7 Å². The van der Waals surface area contributed by atoms with Crippen molar-refractivity contribution in [2.45, 2.75) is 24.5 Å². The van der Waals surface area contributed by atoms with Gasteiger partial charge < -0.3 is 15.0 Å². The number of urea groups is 1. The molecule has 0 aliphatic carbocycles. The third-order valence-corrected chi connectivity index (χ3v) is 6.97. The second kappa shape index (κ2) is 8.15. The van der Waals surface area contributed by atoms with E-state index in [1.54, 1.807) is 17.3 Å². The summed E-state index contributed by atoms with van der Waals surface area (Å²) < 4.78 is 32.3. The fraction of sp³-hybridized carbons (Fsp3) is 0.733. The number of nitrogens with zero attached hydrogens (tertiary/aromatic N) is 3. The monoisotopic (exact) mass is 371 g/mol. The van der Waals surface area contributed by atoms with E-state index >= 15 is 0 Å². The van der Waals surface area contributed by atoms with Crippen LogP contribution in [0.15, 0.2) is 12.4 Å². The van der Waals surface area contributed by atoms with Crippen molar-refractivity contribution in [3.05, 3.63) is 18.0 Å². The van der Waals surface area contributed by atoms with Gasteiger partial charge in [-0.15, -0.1) is 0 Å². The van der Waals surface area contributed by atoms with Gasteiger partial charge in [0.05, 0.1) is 24.7 Å². The Balaban J connectivity index is 1.52. The lowest BCUT2D eigenvalue weighted by Gasteiger charge is -2.36. The van der Waals surface area contributed by atoms with Gasteiger partial charge in [0.2, 0.25) is 10.0 Å². The van der Waals surface area contributed by atoms with Crippen molar-refractivity contribution in [2.75, 3.05) is 45.9 Å². The van der Waals surface area contributed by atoms with Crippen LogP contribution in [0.25, 0.3) is 0 Å². The van der Waals surface area contributed by atoms with Crippen LogP contribution in [0.1, 0.15) is 18.4 Å². The first-order valence-corrected chi connectivity index (χ1v) is 10.1. The number of likely N-dealkylation sites (tertiary alicyclic amines) is 1. The number of morpholine rings is 1. The quantitative estimate of drug-likeness (QED) is 0.745. The van der Waals surface area contributed by atoms with E-state index < -0.39 is 15.3 Å². The maximum atomic E-state index is 12.8. The molecule has 0 aromatic carbocycles. The molecule has 2 saturated heterocycles. The van der Waals surface area contributed by atoms with E-state index in [0.717, 1.165) is 5.56 Å². The molecule has 0 spiro atoms. The highest BCUT2D eigenvalue weighted by Crippen LogP contribution is 2.21. The molecule has 25 heavy (non-hydrogen) atoms. The van der Waals surface area contributed by atoms with E-state index in [1.165, 1.54) is 4.31 Å². The summed E-state index contributed by atoms with van der Waals surface area (Å²) >= 11 is 0. The molecule has 1 atom stereocenters. The van der Waals surface area contributed by atoms with Crippen molar-refractivity contribution in [3.63, 3.8) is 0 Å². The zero-order valence-electron chi connectivity index (χ0n) is 14.2. The summed E-state index contributed by atoms with van der Waals surface area (Å²) in [5.74, 6) is 0. The molecule has 9 nitrogen and oxygen atoms in total. The Hall–Kier alpha value is -1.65. The van der Waals surface area contributed by atoms with E-state index in [1.807, 2.05) is 0 Å². The number of aromatic nitrogens is 2. The molecule has 2 aliphatic rings. The maximum Gasteiger partial charge on any atom is 0.317 e. The summed E-state index contributed by atoms with van der Waals surface area (Å²) in [5.41, 5.74) is 1.02. The van der Waals surface area contributed by atoms with Crippen LogP contribution in [0.4, 0.5) is 4.79 Å². The number of amides is 2. The summed E-state index contributed by atoms with van der Waals surface area (Å²) in [5, 5.41) is 8.92. The molecule has 1 unspecified atom stereocenters. The number of piperidine rings is 1. The minimum atomic E-state index is -3.39. The molecule has 1 aromatic rings. The van der Waals surface area contributed by atoms with E-state index in [4.69, 9.17) is 4.74 Å². The summed E-state index contributed by atoms with van der Waals surface area (Å²) in [6, 6.07) is -0.203. The van der Waals surface area contributed by atoms with Crippen LogP contribution in [-0.2, 0) is 21.2 Å². The molecule has 3 heterocycles.